The second-order valence-electron chi connectivity index (χ2n) is 9.73. The molecular weight excluding hydrogens is 598 g/mol. The Hall–Kier alpha value is -2.84. The lowest BCUT2D eigenvalue weighted by molar-refractivity contribution is -0.154. The molecule has 2 heterocycles. The molecule has 0 aliphatic carbocycles. The van der Waals surface area contributed by atoms with Crippen molar-refractivity contribution in [3.8, 4) is 0 Å². The summed E-state index contributed by atoms with van der Waals surface area (Å²) in [6.45, 7) is 11.2. The Morgan fingerprint density at radius 2 is 1.29 bits per heavy atom. The Labute approximate surface area is 254 Å². The third-order valence-corrected chi connectivity index (χ3v) is 6.66. The topological polar surface area (TPSA) is 165 Å². The average molecular weight is 634 g/mol. The normalized spacial score (nSPS) is 23.9. The highest BCUT2D eigenvalue weighted by Crippen LogP contribution is 2.41. The van der Waals surface area contributed by atoms with E-state index in [0.717, 1.165) is 9.80 Å². The van der Waals surface area contributed by atoms with Gasteiger partial charge in [0.15, 0.2) is 0 Å². The molecule has 5 atom stereocenters. The first kappa shape index (κ1) is 34.4. The molecule has 2 aliphatic heterocycles. The maximum atomic E-state index is 13.9. The molecule has 0 saturated carbocycles. The van der Waals surface area contributed by atoms with E-state index in [9.17, 15) is 28.8 Å². The van der Waals surface area contributed by atoms with E-state index in [1.54, 1.807) is 20.8 Å². The molecule has 2 saturated heterocycles. The number of ether oxygens (including phenoxy) is 3. The first-order chi connectivity index (χ1) is 19.2. The quantitative estimate of drug-likeness (QED) is 0.0767. The van der Waals surface area contributed by atoms with Gasteiger partial charge in [-0.05, 0) is 0 Å². The zero-order chi connectivity index (χ0) is 31.0. The van der Waals surface area contributed by atoms with Gasteiger partial charge in [0.05, 0.1) is 39.0 Å². The lowest BCUT2D eigenvalue weighted by Gasteiger charge is -2.47. The van der Waals surface area contributed by atoms with Crippen molar-refractivity contribution in [1.82, 2.24) is 20.4 Å². The molecule has 41 heavy (non-hydrogen) atoms. The number of esters is 3. The fourth-order valence-corrected chi connectivity index (χ4v) is 4.83. The summed E-state index contributed by atoms with van der Waals surface area (Å²) >= 11 is 12.4. The smallest absolute Gasteiger partial charge is 0.428 e. The van der Waals surface area contributed by atoms with Gasteiger partial charge in [0, 0.05) is 22.2 Å². The Balaban J connectivity index is 2.39. The summed E-state index contributed by atoms with van der Waals surface area (Å²) in [6, 6.07) is -1.90. The Kier molecular flexibility index (Phi) is 12.5. The molecule has 14 nitrogen and oxygen atoms in total. The van der Waals surface area contributed by atoms with Crippen LogP contribution in [0.1, 0.15) is 46.5 Å². The van der Waals surface area contributed by atoms with Crippen LogP contribution in [0.5, 0.6) is 0 Å². The molecule has 0 spiro atoms. The second kappa shape index (κ2) is 14.9. The van der Waals surface area contributed by atoms with Crippen molar-refractivity contribution in [1.29, 1.82) is 0 Å². The molecule has 5 unspecified atom stereocenters. The van der Waals surface area contributed by atoms with Crippen molar-refractivity contribution in [2.75, 3.05) is 32.9 Å². The molecule has 2 N–H and O–H groups in total. The van der Waals surface area contributed by atoms with E-state index in [1.807, 2.05) is 0 Å². The van der Waals surface area contributed by atoms with Gasteiger partial charge in [0.25, 0.3) is 5.91 Å². The number of nitrogens with one attached hydrogen (secondary N) is 2. The first-order valence-electron chi connectivity index (χ1n) is 12.8. The Bertz CT molecular complexity index is 1080. The number of carbonyl (C=O) groups excluding carboxylic acids is 6. The highest BCUT2D eigenvalue weighted by atomic mass is 32.1. The average Bonchev–Trinajstić information content (AvgIpc) is 3.15. The van der Waals surface area contributed by atoms with Gasteiger partial charge in [-0.2, -0.15) is 37.9 Å². The number of thiol groups is 3. The van der Waals surface area contributed by atoms with Crippen molar-refractivity contribution in [2.45, 2.75) is 73.5 Å². The molecule has 0 aromatic heterocycles. The summed E-state index contributed by atoms with van der Waals surface area (Å²) < 4.78 is 15.6. The number of nitrogens with zero attached hydrogens (tertiary/aromatic N) is 3. The number of amides is 5. The number of imide groups is 1. The monoisotopic (exact) mass is 633 g/mol. The highest BCUT2D eigenvalue weighted by Gasteiger charge is 2.78. The number of hydrogen-bond donors (Lipinski definition) is 5. The van der Waals surface area contributed by atoms with E-state index in [-0.39, 0.29) is 67.8 Å². The zero-order valence-corrected chi connectivity index (χ0v) is 25.6. The maximum Gasteiger partial charge on any atom is 0.428 e. The van der Waals surface area contributed by atoms with Crippen LogP contribution >= 0.6 is 37.9 Å². The van der Waals surface area contributed by atoms with Crippen molar-refractivity contribution in [2.24, 2.45) is 0 Å². The summed E-state index contributed by atoms with van der Waals surface area (Å²) in [7, 11) is 0. The molecule has 0 aromatic carbocycles. The van der Waals surface area contributed by atoms with E-state index in [1.165, 1.54) is 0 Å². The predicted molar refractivity (Wildman–Crippen MR) is 154 cm³/mol. The van der Waals surface area contributed by atoms with Crippen LogP contribution in [-0.4, -0.2) is 106 Å². The number of carbonyl (C=O) groups is 6. The van der Waals surface area contributed by atoms with Gasteiger partial charge in [0.1, 0.15) is 13.2 Å². The van der Waals surface area contributed by atoms with Crippen LogP contribution in [0.15, 0.2) is 0 Å². The van der Waals surface area contributed by atoms with Crippen LogP contribution in [0.25, 0.3) is 4.85 Å². The van der Waals surface area contributed by atoms with E-state index in [0.29, 0.717) is 0 Å². The van der Waals surface area contributed by atoms with E-state index < -0.39 is 53.7 Å². The lowest BCUT2D eigenvalue weighted by atomic mass is 9.83. The zero-order valence-electron chi connectivity index (χ0n) is 23.0. The molecular formula is C24H35N5O9S3. The first-order valence-corrected chi connectivity index (χ1v) is 14.4. The molecule has 2 rings (SSSR count). The summed E-state index contributed by atoms with van der Waals surface area (Å²) in [5, 5.41) is 3.99. The van der Waals surface area contributed by atoms with Gasteiger partial charge in [-0.1, -0.05) is 20.8 Å². The number of fused-ring (bicyclic) bond motifs is 1. The third kappa shape index (κ3) is 8.35. The minimum atomic E-state index is -2.28. The van der Waals surface area contributed by atoms with Crippen molar-refractivity contribution in [3.05, 3.63) is 11.4 Å². The van der Waals surface area contributed by atoms with Crippen LogP contribution in [0, 0.1) is 6.57 Å². The molecule has 0 bridgehead atoms. The van der Waals surface area contributed by atoms with E-state index >= 15 is 0 Å². The second-order valence-corrected chi connectivity index (χ2v) is 12.4. The molecule has 0 aromatic rings. The van der Waals surface area contributed by atoms with Gasteiger partial charge in [0.2, 0.25) is 5.54 Å². The molecule has 2 fully saturated rings. The standard InChI is InChI=1S/C24H35N5O9S3/c1-14(39)11-17(30)36-8-5-23-20(33)28(6-9-37-18(31)12-15(2)40)22(35)29(7-10-38-19(32)13-16(3)41)24(23,25-4)27-21(34)26-23/h14-16,39-41H,5-13H2,1-3H3,(H2,26,27,34). The minimum Gasteiger partial charge on any atom is -0.466 e. The number of hydrogen-bond acceptors (Lipinski definition) is 12. The van der Waals surface area contributed by atoms with Gasteiger partial charge in [-0.3, -0.25) is 28.9 Å². The van der Waals surface area contributed by atoms with Crippen LogP contribution in [0.3, 0.4) is 0 Å². The fourth-order valence-electron chi connectivity index (χ4n) is 4.38. The maximum absolute atomic E-state index is 13.9. The van der Waals surface area contributed by atoms with Crippen molar-refractivity contribution >= 4 is 73.8 Å². The highest BCUT2D eigenvalue weighted by molar-refractivity contribution is 7.81. The fraction of sp³-hybridized carbons (Fsp3) is 0.708. The van der Waals surface area contributed by atoms with Crippen molar-refractivity contribution < 1.29 is 43.0 Å². The summed E-state index contributed by atoms with van der Waals surface area (Å²) in [5.41, 5.74) is -2.10. The largest absolute Gasteiger partial charge is 0.466 e. The van der Waals surface area contributed by atoms with Crippen molar-refractivity contribution in [3.63, 3.8) is 0 Å². The Morgan fingerprint density at radius 1 is 0.829 bits per heavy atom. The van der Waals surface area contributed by atoms with Gasteiger partial charge in [-0.25, -0.2) is 26.4 Å². The van der Waals surface area contributed by atoms with E-state index in [4.69, 9.17) is 20.8 Å². The lowest BCUT2D eigenvalue weighted by Crippen LogP contribution is -2.80. The van der Waals surface area contributed by atoms with Gasteiger partial charge >= 0.3 is 35.8 Å². The number of urea groups is 2. The SMILES string of the molecule is [C-]#[N+]C12NC(=O)NC1(CCOC(=O)CC(C)S)C(=O)N(CCOC(=O)CC(C)S)C(=O)N2CCOC(=O)CC(C)S. The number of rotatable bonds is 15. The molecule has 5 amide bonds. The molecule has 2 aliphatic rings. The van der Waals surface area contributed by atoms with Gasteiger partial charge < -0.3 is 19.5 Å². The summed E-state index contributed by atoms with van der Waals surface area (Å²) in [6.07, 6.45) is -0.418. The molecule has 0 radical (unpaired) electrons. The van der Waals surface area contributed by atoms with Crippen LogP contribution in [0.2, 0.25) is 0 Å². The van der Waals surface area contributed by atoms with Crippen LogP contribution in [-0.2, 0) is 33.4 Å². The Morgan fingerprint density at radius 3 is 1.76 bits per heavy atom. The van der Waals surface area contributed by atoms with Crippen LogP contribution < -0.4 is 10.6 Å². The van der Waals surface area contributed by atoms with Gasteiger partial charge in [-0.15, -0.1) is 0 Å². The molecule has 228 valence electrons. The van der Waals surface area contributed by atoms with Crippen LogP contribution in [0.4, 0.5) is 9.59 Å². The molecule has 17 heteroatoms. The predicted octanol–water partition coefficient (Wildman–Crippen LogP) is 1.02. The van der Waals surface area contributed by atoms with E-state index in [2.05, 4.69) is 53.4 Å². The summed E-state index contributed by atoms with van der Waals surface area (Å²) in [4.78, 5) is 81.5. The minimum absolute atomic E-state index is 0.00554. The third-order valence-electron chi connectivity index (χ3n) is 6.12. The summed E-state index contributed by atoms with van der Waals surface area (Å²) in [5.74, 6) is -5.06.